The molecule has 0 radical (unpaired) electrons. The van der Waals surface area contributed by atoms with E-state index in [0.29, 0.717) is 19.8 Å². The Bertz CT molecular complexity index is 298. The maximum absolute atomic E-state index is 11.1. The molecule has 0 spiro atoms. The van der Waals surface area contributed by atoms with Crippen LogP contribution in [0.5, 0.6) is 0 Å². The van der Waals surface area contributed by atoms with Crippen LogP contribution in [0.3, 0.4) is 0 Å². The largest absolute Gasteiger partial charge is 0.467 e. The highest BCUT2D eigenvalue weighted by atomic mass is 35.5. The van der Waals surface area contributed by atoms with Crippen molar-refractivity contribution in [1.29, 1.82) is 0 Å². The van der Waals surface area contributed by atoms with Crippen molar-refractivity contribution < 1.29 is 13.9 Å². The van der Waals surface area contributed by atoms with Crippen molar-refractivity contribution in [2.45, 2.75) is 25.3 Å². The van der Waals surface area contributed by atoms with Crippen LogP contribution in [0.15, 0.2) is 22.8 Å². The van der Waals surface area contributed by atoms with Gasteiger partial charge in [-0.15, -0.1) is 11.6 Å². The molecule has 90 valence electrons. The van der Waals surface area contributed by atoms with Crippen LogP contribution in [-0.2, 0) is 16.1 Å². The van der Waals surface area contributed by atoms with Crippen LogP contribution >= 0.6 is 11.6 Å². The highest BCUT2D eigenvalue weighted by Gasteiger charge is 2.06. The number of carbonyl (C=O) groups is 1. The van der Waals surface area contributed by atoms with Crippen LogP contribution in [0.4, 0.5) is 0 Å². The fourth-order valence-corrected chi connectivity index (χ4v) is 1.17. The Morgan fingerprint density at radius 3 is 3.12 bits per heavy atom. The Balaban J connectivity index is 1.94. The molecule has 0 aliphatic carbocycles. The zero-order valence-electron chi connectivity index (χ0n) is 9.24. The van der Waals surface area contributed by atoms with Crippen molar-refractivity contribution in [1.82, 2.24) is 5.32 Å². The number of halogens is 1. The summed E-state index contributed by atoms with van der Waals surface area (Å²) in [6, 6.07) is 3.68. The van der Waals surface area contributed by atoms with E-state index >= 15 is 0 Å². The number of hydrogen-bond acceptors (Lipinski definition) is 3. The molecule has 16 heavy (non-hydrogen) atoms. The van der Waals surface area contributed by atoms with E-state index in [0.717, 1.165) is 12.2 Å². The molecular formula is C11H16ClNO3. The van der Waals surface area contributed by atoms with E-state index in [2.05, 4.69) is 5.32 Å². The van der Waals surface area contributed by atoms with Gasteiger partial charge in [-0.3, -0.25) is 4.79 Å². The number of furan rings is 1. The lowest BCUT2D eigenvalue weighted by Gasteiger charge is -2.06. The maximum atomic E-state index is 11.1. The predicted octanol–water partition coefficient (Wildman–Crippen LogP) is 1.93. The highest BCUT2D eigenvalue weighted by Crippen LogP contribution is 2.01. The number of hydrogen-bond donors (Lipinski definition) is 1. The lowest BCUT2D eigenvalue weighted by molar-refractivity contribution is -0.120. The third kappa shape index (κ3) is 5.19. The normalized spacial score (nSPS) is 12.4. The summed E-state index contributed by atoms with van der Waals surface area (Å²) < 4.78 is 10.4. The average molecular weight is 246 g/mol. The molecule has 1 heterocycles. The van der Waals surface area contributed by atoms with Gasteiger partial charge in [-0.05, 0) is 25.5 Å². The molecular weight excluding hydrogens is 230 g/mol. The first-order chi connectivity index (χ1) is 7.70. The summed E-state index contributed by atoms with van der Waals surface area (Å²) in [6.07, 6.45) is 2.37. The third-order valence-corrected chi connectivity index (χ3v) is 2.15. The second kappa shape index (κ2) is 7.30. The minimum absolute atomic E-state index is 0.146. The van der Waals surface area contributed by atoms with Gasteiger partial charge in [0, 0.05) is 13.2 Å². The van der Waals surface area contributed by atoms with Gasteiger partial charge in [0.15, 0.2) is 0 Å². The van der Waals surface area contributed by atoms with Gasteiger partial charge in [0.1, 0.15) is 17.7 Å². The monoisotopic (exact) mass is 245 g/mol. The third-order valence-electron chi connectivity index (χ3n) is 1.95. The summed E-state index contributed by atoms with van der Waals surface area (Å²) in [5.41, 5.74) is 0. The maximum Gasteiger partial charge on any atom is 0.237 e. The number of ether oxygens (including phenoxy) is 1. The fraction of sp³-hybridized carbons (Fsp3) is 0.545. The molecule has 0 fully saturated rings. The first kappa shape index (κ1) is 13.1. The average Bonchev–Trinajstić information content (AvgIpc) is 2.75. The quantitative estimate of drug-likeness (QED) is 0.590. The van der Waals surface area contributed by atoms with E-state index in [1.54, 1.807) is 13.2 Å². The van der Waals surface area contributed by atoms with Crippen LogP contribution < -0.4 is 5.32 Å². The van der Waals surface area contributed by atoms with E-state index < -0.39 is 5.38 Å². The summed E-state index contributed by atoms with van der Waals surface area (Å²) in [7, 11) is 0. The van der Waals surface area contributed by atoms with E-state index in [4.69, 9.17) is 20.8 Å². The first-order valence-electron chi connectivity index (χ1n) is 5.22. The highest BCUT2D eigenvalue weighted by molar-refractivity contribution is 6.30. The van der Waals surface area contributed by atoms with Gasteiger partial charge in [0.05, 0.1) is 6.26 Å². The van der Waals surface area contributed by atoms with E-state index in [1.807, 2.05) is 12.1 Å². The zero-order chi connectivity index (χ0) is 11.8. The van der Waals surface area contributed by atoms with Gasteiger partial charge in [0.2, 0.25) is 5.91 Å². The molecule has 1 rings (SSSR count). The summed E-state index contributed by atoms with van der Waals surface area (Å²) in [5.74, 6) is 0.658. The summed E-state index contributed by atoms with van der Waals surface area (Å²) in [6.45, 7) is 3.27. The van der Waals surface area contributed by atoms with Crippen molar-refractivity contribution in [3.05, 3.63) is 24.2 Å². The summed E-state index contributed by atoms with van der Waals surface area (Å²) in [4.78, 5) is 11.1. The minimum atomic E-state index is -0.482. The van der Waals surface area contributed by atoms with E-state index in [9.17, 15) is 4.79 Å². The predicted molar refractivity (Wildman–Crippen MR) is 61.3 cm³/mol. The molecule has 4 nitrogen and oxygen atoms in total. The summed E-state index contributed by atoms with van der Waals surface area (Å²) in [5, 5.41) is 2.22. The summed E-state index contributed by atoms with van der Waals surface area (Å²) >= 11 is 5.58. The van der Waals surface area contributed by atoms with E-state index in [-0.39, 0.29) is 5.91 Å². The van der Waals surface area contributed by atoms with Crippen LogP contribution in [0.25, 0.3) is 0 Å². The van der Waals surface area contributed by atoms with Crippen molar-refractivity contribution >= 4 is 17.5 Å². The molecule has 1 atom stereocenters. The Morgan fingerprint density at radius 2 is 2.50 bits per heavy atom. The molecule has 1 aromatic rings. The van der Waals surface area contributed by atoms with Gasteiger partial charge < -0.3 is 14.5 Å². The Kier molecular flexibility index (Phi) is 5.96. The van der Waals surface area contributed by atoms with Crippen LogP contribution in [0, 0.1) is 0 Å². The van der Waals surface area contributed by atoms with Gasteiger partial charge in [-0.1, -0.05) is 0 Å². The van der Waals surface area contributed by atoms with Crippen molar-refractivity contribution in [3.8, 4) is 0 Å². The molecule has 1 aromatic heterocycles. The molecule has 0 bridgehead atoms. The van der Waals surface area contributed by atoms with E-state index in [1.165, 1.54) is 0 Å². The van der Waals surface area contributed by atoms with Crippen LogP contribution in [-0.4, -0.2) is 24.4 Å². The minimum Gasteiger partial charge on any atom is -0.467 e. The fourth-order valence-electron chi connectivity index (χ4n) is 1.09. The van der Waals surface area contributed by atoms with Gasteiger partial charge in [-0.25, -0.2) is 0 Å². The molecule has 1 N–H and O–H groups in total. The number of alkyl halides is 1. The van der Waals surface area contributed by atoms with Crippen LogP contribution in [0.1, 0.15) is 19.1 Å². The molecule has 5 heteroatoms. The van der Waals surface area contributed by atoms with Gasteiger partial charge >= 0.3 is 0 Å². The Hall–Kier alpha value is -1.00. The molecule has 0 aliphatic heterocycles. The second-order valence-corrected chi connectivity index (χ2v) is 4.05. The SMILES string of the molecule is CC(Cl)C(=O)NCCCOCc1ccco1. The Morgan fingerprint density at radius 1 is 1.69 bits per heavy atom. The van der Waals surface area contributed by atoms with Crippen molar-refractivity contribution in [2.75, 3.05) is 13.2 Å². The zero-order valence-corrected chi connectivity index (χ0v) is 10.00. The molecule has 1 unspecified atom stereocenters. The number of nitrogens with one attached hydrogen (secondary N) is 1. The first-order valence-corrected chi connectivity index (χ1v) is 5.65. The van der Waals surface area contributed by atoms with Gasteiger partial charge in [0.25, 0.3) is 0 Å². The molecule has 1 amide bonds. The standard InChI is InChI=1S/C11H16ClNO3/c1-9(12)11(14)13-5-3-6-15-8-10-4-2-7-16-10/h2,4,7,9H,3,5-6,8H2,1H3,(H,13,14). The second-order valence-electron chi connectivity index (χ2n) is 3.39. The topological polar surface area (TPSA) is 51.5 Å². The van der Waals surface area contributed by atoms with Gasteiger partial charge in [-0.2, -0.15) is 0 Å². The number of amides is 1. The van der Waals surface area contributed by atoms with Crippen LogP contribution in [0.2, 0.25) is 0 Å². The lowest BCUT2D eigenvalue weighted by Crippen LogP contribution is -2.30. The lowest BCUT2D eigenvalue weighted by atomic mass is 10.4. The molecule has 0 aromatic carbocycles. The van der Waals surface area contributed by atoms with Crippen molar-refractivity contribution in [3.63, 3.8) is 0 Å². The molecule has 0 saturated carbocycles. The number of carbonyl (C=O) groups excluding carboxylic acids is 1. The number of rotatable bonds is 7. The Labute approximate surface area is 99.9 Å². The molecule has 0 aliphatic rings. The van der Waals surface area contributed by atoms with Crippen molar-refractivity contribution in [2.24, 2.45) is 0 Å². The molecule has 0 saturated heterocycles. The smallest absolute Gasteiger partial charge is 0.237 e.